The fourth-order valence-corrected chi connectivity index (χ4v) is 5.59. The van der Waals surface area contributed by atoms with Gasteiger partial charge in [0.25, 0.3) is 8.32 Å². The van der Waals surface area contributed by atoms with Crippen molar-refractivity contribution in [2.24, 2.45) is 0 Å². The highest BCUT2D eigenvalue weighted by Crippen LogP contribution is 2.46. The van der Waals surface area contributed by atoms with Crippen molar-refractivity contribution in [3.05, 3.63) is 47.0 Å². The zero-order valence-corrected chi connectivity index (χ0v) is 27.0. The van der Waals surface area contributed by atoms with E-state index in [1.807, 2.05) is 19.9 Å². The zero-order valence-electron chi connectivity index (χ0n) is 25.0. The molecule has 2 aromatic carbocycles. The first-order valence-electron chi connectivity index (χ1n) is 13.1. The van der Waals surface area contributed by atoms with Crippen molar-refractivity contribution in [1.29, 1.82) is 0 Å². The zero-order chi connectivity index (χ0) is 29.1. The standard InChI is InChI=1S/C30H44O6Si2/c1-28(2,3)37(9,10)35-19-13-14-24(36-38(11,12)29(4,5)6)21(17-19)26(33)22-18-23(31)27-20(25(22)32)15-16-30(7,8)34-27/h13-18,31-32H,1-12H3. The van der Waals surface area contributed by atoms with E-state index in [1.165, 1.54) is 6.07 Å². The molecule has 0 atom stereocenters. The molecule has 8 heteroatoms. The molecule has 1 aliphatic heterocycles. The van der Waals surface area contributed by atoms with Crippen molar-refractivity contribution in [3.8, 4) is 28.7 Å². The van der Waals surface area contributed by atoms with Crippen LogP contribution in [0.3, 0.4) is 0 Å². The second-order valence-corrected chi connectivity index (χ2v) is 23.2. The third kappa shape index (κ3) is 5.81. The van der Waals surface area contributed by atoms with Gasteiger partial charge >= 0.3 is 0 Å². The molecular formula is C30H44O6Si2. The van der Waals surface area contributed by atoms with Gasteiger partial charge in [0.05, 0.1) is 16.7 Å². The lowest BCUT2D eigenvalue weighted by atomic mass is 9.95. The van der Waals surface area contributed by atoms with Crippen LogP contribution in [0.5, 0.6) is 28.7 Å². The van der Waals surface area contributed by atoms with Crippen molar-refractivity contribution < 1.29 is 28.6 Å². The number of benzene rings is 2. The summed E-state index contributed by atoms with van der Waals surface area (Å²) in [5.41, 5.74) is -0.129. The first kappa shape index (κ1) is 29.8. The number of hydrogen-bond donors (Lipinski definition) is 2. The van der Waals surface area contributed by atoms with E-state index in [9.17, 15) is 15.0 Å². The highest BCUT2D eigenvalue weighted by Gasteiger charge is 2.41. The molecule has 0 unspecified atom stereocenters. The number of fused-ring (bicyclic) bond motifs is 1. The third-order valence-corrected chi connectivity index (χ3v) is 16.8. The Morgan fingerprint density at radius 3 is 1.97 bits per heavy atom. The van der Waals surface area contributed by atoms with Crippen LogP contribution in [0.25, 0.3) is 6.08 Å². The van der Waals surface area contributed by atoms with E-state index in [0.717, 1.165) is 0 Å². The second kappa shape index (κ2) is 9.48. The van der Waals surface area contributed by atoms with Crippen molar-refractivity contribution in [1.82, 2.24) is 0 Å². The van der Waals surface area contributed by atoms with E-state index in [1.54, 1.807) is 24.3 Å². The summed E-state index contributed by atoms with van der Waals surface area (Å²) in [4.78, 5) is 14.1. The lowest BCUT2D eigenvalue weighted by molar-refractivity contribution is 0.103. The number of hydrogen-bond acceptors (Lipinski definition) is 6. The molecular weight excluding hydrogens is 512 g/mol. The van der Waals surface area contributed by atoms with Gasteiger partial charge in [0.2, 0.25) is 14.1 Å². The molecule has 2 aromatic rings. The van der Waals surface area contributed by atoms with Crippen molar-refractivity contribution in [2.45, 2.75) is 97.3 Å². The van der Waals surface area contributed by atoms with Gasteiger partial charge < -0.3 is 23.8 Å². The van der Waals surface area contributed by atoms with Crippen LogP contribution in [-0.4, -0.2) is 38.2 Å². The van der Waals surface area contributed by atoms with E-state index in [2.05, 4.69) is 67.7 Å². The maximum Gasteiger partial charge on any atom is 0.250 e. The number of aromatic hydroxyl groups is 2. The van der Waals surface area contributed by atoms with E-state index in [0.29, 0.717) is 11.5 Å². The van der Waals surface area contributed by atoms with Gasteiger partial charge in [-0.05, 0) is 86.5 Å². The van der Waals surface area contributed by atoms with Crippen LogP contribution in [0.2, 0.25) is 36.3 Å². The fourth-order valence-electron chi connectivity index (χ4n) is 3.54. The minimum absolute atomic E-state index is 0.0289. The number of phenols is 2. The van der Waals surface area contributed by atoms with E-state index >= 15 is 0 Å². The lowest BCUT2D eigenvalue weighted by Gasteiger charge is -2.38. The number of carbonyl (C=O) groups excluding carboxylic acids is 1. The summed E-state index contributed by atoms with van der Waals surface area (Å²) in [6, 6.07) is 6.61. The van der Waals surface area contributed by atoms with Gasteiger partial charge in [0.15, 0.2) is 11.5 Å². The van der Waals surface area contributed by atoms with Crippen LogP contribution < -0.4 is 13.6 Å². The van der Waals surface area contributed by atoms with Gasteiger partial charge in [-0.15, -0.1) is 0 Å². The predicted octanol–water partition coefficient (Wildman–Crippen LogP) is 8.28. The smallest absolute Gasteiger partial charge is 0.250 e. The summed E-state index contributed by atoms with van der Waals surface area (Å²) in [5.74, 6) is 0.248. The molecule has 0 saturated carbocycles. The molecule has 0 saturated heterocycles. The molecule has 0 aliphatic carbocycles. The Bertz CT molecular complexity index is 1280. The highest BCUT2D eigenvalue weighted by molar-refractivity contribution is 6.75. The Morgan fingerprint density at radius 1 is 0.868 bits per heavy atom. The van der Waals surface area contributed by atoms with Gasteiger partial charge in [-0.1, -0.05) is 41.5 Å². The summed E-state index contributed by atoms with van der Waals surface area (Å²) in [6.07, 6.45) is 3.46. The topological polar surface area (TPSA) is 85.2 Å². The molecule has 208 valence electrons. The maximum absolute atomic E-state index is 14.1. The normalized spacial score (nSPS) is 15.5. The number of carbonyl (C=O) groups is 1. The van der Waals surface area contributed by atoms with Crippen LogP contribution in [0, 0.1) is 0 Å². The molecule has 2 N–H and O–H groups in total. The first-order chi connectivity index (χ1) is 17.1. The Kier molecular flexibility index (Phi) is 7.45. The van der Waals surface area contributed by atoms with Gasteiger partial charge in [0.1, 0.15) is 22.8 Å². The second-order valence-electron chi connectivity index (χ2n) is 13.8. The first-order valence-corrected chi connectivity index (χ1v) is 18.9. The Labute approximate surface area is 229 Å². The molecule has 0 fully saturated rings. The summed E-state index contributed by atoms with van der Waals surface area (Å²) < 4.78 is 19.0. The van der Waals surface area contributed by atoms with Gasteiger partial charge in [-0.25, -0.2) is 0 Å². The number of ether oxygens (including phenoxy) is 1. The molecule has 0 radical (unpaired) electrons. The molecule has 1 aliphatic rings. The molecule has 1 heterocycles. The number of ketones is 1. The minimum atomic E-state index is -2.31. The van der Waals surface area contributed by atoms with Crippen LogP contribution in [-0.2, 0) is 0 Å². The van der Waals surface area contributed by atoms with Gasteiger partial charge in [-0.3, -0.25) is 4.79 Å². The Balaban J connectivity index is 2.17. The van der Waals surface area contributed by atoms with E-state index in [-0.39, 0.29) is 44.0 Å². The predicted molar refractivity (Wildman–Crippen MR) is 159 cm³/mol. The minimum Gasteiger partial charge on any atom is -0.543 e. The molecule has 38 heavy (non-hydrogen) atoms. The summed E-state index contributed by atoms with van der Waals surface area (Å²) in [6.45, 7) is 25.1. The van der Waals surface area contributed by atoms with Crippen LogP contribution in [0.4, 0.5) is 0 Å². The summed E-state index contributed by atoms with van der Waals surface area (Å²) >= 11 is 0. The Hall–Kier alpha value is -2.72. The summed E-state index contributed by atoms with van der Waals surface area (Å²) in [5, 5.41) is 21.8. The van der Waals surface area contributed by atoms with Crippen LogP contribution in [0.15, 0.2) is 30.3 Å². The average Bonchev–Trinajstić information content (AvgIpc) is 2.74. The SMILES string of the molecule is CC1(C)C=Cc2c(O)c(C(=O)c3cc(O[Si](C)(C)C(C)(C)C)ccc3O[Si](C)(C)C(C)(C)C)cc(O)c2O1. The van der Waals surface area contributed by atoms with Crippen molar-refractivity contribution >= 4 is 28.5 Å². The quantitative estimate of drug-likeness (QED) is 0.211. The van der Waals surface area contributed by atoms with E-state index < -0.39 is 28.0 Å². The molecule has 0 spiro atoms. The molecule has 3 rings (SSSR count). The number of rotatable bonds is 6. The highest BCUT2D eigenvalue weighted by atomic mass is 28.4. The van der Waals surface area contributed by atoms with Gasteiger partial charge in [0, 0.05) is 0 Å². The average molecular weight is 557 g/mol. The van der Waals surface area contributed by atoms with E-state index in [4.69, 9.17) is 13.6 Å². The molecule has 0 bridgehead atoms. The monoisotopic (exact) mass is 556 g/mol. The lowest BCUT2D eigenvalue weighted by Crippen LogP contribution is -2.44. The molecule has 6 nitrogen and oxygen atoms in total. The van der Waals surface area contributed by atoms with Crippen LogP contribution in [0.1, 0.15) is 76.9 Å². The summed E-state index contributed by atoms with van der Waals surface area (Å²) in [7, 11) is -4.50. The largest absolute Gasteiger partial charge is 0.543 e. The van der Waals surface area contributed by atoms with Crippen molar-refractivity contribution in [3.63, 3.8) is 0 Å². The van der Waals surface area contributed by atoms with Crippen LogP contribution >= 0.6 is 0 Å². The van der Waals surface area contributed by atoms with Crippen molar-refractivity contribution in [2.75, 3.05) is 0 Å². The van der Waals surface area contributed by atoms with Gasteiger partial charge in [-0.2, -0.15) is 0 Å². The fraction of sp³-hybridized carbons (Fsp3) is 0.500. The molecule has 0 amide bonds. The Morgan fingerprint density at radius 2 is 1.42 bits per heavy atom. The number of phenolic OH excluding ortho intramolecular Hbond substituents is 2. The maximum atomic E-state index is 14.1. The third-order valence-electron chi connectivity index (χ3n) is 8.08. The molecule has 0 aromatic heterocycles.